The number of amides is 1. The van der Waals surface area contributed by atoms with Crippen molar-refractivity contribution in [1.29, 1.82) is 0 Å². The van der Waals surface area contributed by atoms with E-state index in [4.69, 9.17) is 16.6 Å². The van der Waals surface area contributed by atoms with Gasteiger partial charge in [0.25, 0.3) is 5.91 Å². The van der Waals surface area contributed by atoms with Crippen molar-refractivity contribution in [3.8, 4) is 10.6 Å². The van der Waals surface area contributed by atoms with Gasteiger partial charge in [-0.1, -0.05) is 41.4 Å². The van der Waals surface area contributed by atoms with Crippen LogP contribution in [0.4, 0.5) is 5.69 Å². The van der Waals surface area contributed by atoms with Gasteiger partial charge in [-0.25, -0.2) is 4.98 Å². The molecule has 0 saturated carbocycles. The molecule has 2 aromatic heterocycles. The van der Waals surface area contributed by atoms with E-state index in [2.05, 4.69) is 11.4 Å². The lowest BCUT2D eigenvalue weighted by Gasteiger charge is -2.13. The molecule has 0 radical (unpaired) electrons. The average Bonchev–Trinajstić information content (AvgIpc) is 3.17. The Morgan fingerprint density at radius 3 is 2.63 bits per heavy atom. The van der Waals surface area contributed by atoms with Gasteiger partial charge >= 0.3 is 0 Å². The van der Waals surface area contributed by atoms with Crippen LogP contribution in [0, 0.1) is 13.8 Å². The molecule has 3 nitrogen and oxygen atoms in total. The van der Waals surface area contributed by atoms with Crippen LogP contribution in [-0.2, 0) is 0 Å². The third-order valence-corrected chi connectivity index (χ3v) is 5.61. The molecule has 1 amide bonds. The van der Waals surface area contributed by atoms with E-state index in [-0.39, 0.29) is 5.91 Å². The van der Waals surface area contributed by atoms with E-state index >= 15 is 0 Å². The van der Waals surface area contributed by atoms with Crippen LogP contribution in [0.5, 0.6) is 0 Å². The number of thiophene rings is 1. The Balaban J connectivity index is 1.89. The molecule has 27 heavy (non-hydrogen) atoms. The highest BCUT2D eigenvalue weighted by atomic mass is 35.5. The monoisotopic (exact) mass is 392 g/mol. The number of aromatic nitrogens is 1. The number of benzene rings is 2. The van der Waals surface area contributed by atoms with Crippen LogP contribution in [-0.4, -0.2) is 10.9 Å². The largest absolute Gasteiger partial charge is 0.321 e. The van der Waals surface area contributed by atoms with Crippen LogP contribution in [0.25, 0.3) is 21.5 Å². The number of carbonyl (C=O) groups is 1. The van der Waals surface area contributed by atoms with Gasteiger partial charge in [-0.2, -0.15) is 0 Å². The minimum Gasteiger partial charge on any atom is -0.321 e. The first-order valence-corrected chi connectivity index (χ1v) is 9.80. The van der Waals surface area contributed by atoms with Gasteiger partial charge in [-0.3, -0.25) is 4.79 Å². The predicted octanol–water partition coefficient (Wildman–Crippen LogP) is 6.49. The quantitative estimate of drug-likeness (QED) is 0.433. The Hall–Kier alpha value is -2.69. The smallest absolute Gasteiger partial charge is 0.256 e. The van der Waals surface area contributed by atoms with Crippen LogP contribution in [0.3, 0.4) is 0 Å². The van der Waals surface area contributed by atoms with Crippen LogP contribution >= 0.6 is 22.9 Å². The highest BCUT2D eigenvalue weighted by molar-refractivity contribution is 7.13. The SMILES string of the molecule is Cc1cc(C)c2nc(-c3cccs3)cc(C(=O)Nc3ccccc3Cl)c2c1. The molecule has 0 unspecified atom stereocenters. The molecule has 134 valence electrons. The molecule has 4 aromatic rings. The van der Waals surface area contributed by atoms with E-state index in [1.165, 1.54) is 0 Å². The van der Waals surface area contributed by atoms with Crippen molar-refractivity contribution in [2.75, 3.05) is 5.32 Å². The molecule has 0 atom stereocenters. The summed E-state index contributed by atoms with van der Waals surface area (Å²) in [6, 6.07) is 17.2. The Bertz CT molecular complexity index is 1150. The van der Waals surface area contributed by atoms with Crippen LogP contribution < -0.4 is 5.32 Å². The summed E-state index contributed by atoms with van der Waals surface area (Å²) < 4.78 is 0. The van der Waals surface area contributed by atoms with Gasteiger partial charge in [-0.05, 0) is 55.1 Å². The van der Waals surface area contributed by atoms with Gasteiger partial charge in [0.05, 0.1) is 32.4 Å². The number of rotatable bonds is 3. The zero-order valence-electron chi connectivity index (χ0n) is 14.9. The second-order valence-corrected chi connectivity index (χ2v) is 7.80. The van der Waals surface area contributed by atoms with Crippen molar-refractivity contribution >= 4 is 45.4 Å². The van der Waals surface area contributed by atoms with Gasteiger partial charge in [0.15, 0.2) is 0 Å². The number of nitrogens with one attached hydrogen (secondary N) is 1. The summed E-state index contributed by atoms with van der Waals surface area (Å²) in [5.41, 5.74) is 4.98. The summed E-state index contributed by atoms with van der Waals surface area (Å²) in [4.78, 5) is 19.0. The molecule has 0 aliphatic carbocycles. The Morgan fingerprint density at radius 1 is 1.07 bits per heavy atom. The molecular weight excluding hydrogens is 376 g/mol. The van der Waals surface area contributed by atoms with Crippen LogP contribution in [0.15, 0.2) is 60.0 Å². The second-order valence-electron chi connectivity index (χ2n) is 6.44. The fraction of sp³-hybridized carbons (Fsp3) is 0.0909. The highest BCUT2D eigenvalue weighted by Crippen LogP contribution is 2.31. The number of halogens is 1. The van der Waals surface area contributed by atoms with Crippen LogP contribution in [0.1, 0.15) is 21.5 Å². The molecule has 0 saturated heterocycles. The zero-order valence-corrected chi connectivity index (χ0v) is 16.5. The van der Waals surface area contributed by atoms with Gasteiger partial charge in [0.1, 0.15) is 0 Å². The molecule has 2 heterocycles. The number of fused-ring (bicyclic) bond motifs is 1. The molecule has 0 bridgehead atoms. The Labute approximate surface area is 166 Å². The Morgan fingerprint density at radius 2 is 1.89 bits per heavy atom. The van der Waals surface area contributed by atoms with Crippen molar-refractivity contribution in [3.63, 3.8) is 0 Å². The molecule has 0 aliphatic heterocycles. The first-order chi connectivity index (χ1) is 13.0. The fourth-order valence-electron chi connectivity index (χ4n) is 3.17. The lowest BCUT2D eigenvalue weighted by atomic mass is 10.0. The normalized spacial score (nSPS) is 10.9. The highest BCUT2D eigenvalue weighted by Gasteiger charge is 2.17. The molecule has 5 heteroatoms. The molecule has 1 N–H and O–H groups in total. The average molecular weight is 393 g/mol. The molecule has 0 aliphatic rings. The number of pyridine rings is 1. The molecular formula is C22H17ClN2OS. The number of hydrogen-bond acceptors (Lipinski definition) is 3. The summed E-state index contributed by atoms with van der Waals surface area (Å²) in [5.74, 6) is -0.196. The van der Waals surface area contributed by atoms with E-state index in [9.17, 15) is 4.79 Å². The maximum absolute atomic E-state index is 13.1. The van der Waals surface area contributed by atoms with Gasteiger partial charge < -0.3 is 5.32 Å². The van der Waals surface area contributed by atoms with E-state index in [0.717, 1.165) is 32.6 Å². The van der Waals surface area contributed by atoms with Gasteiger partial charge in [0.2, 0.25) is 0 Å². The number of carbonyl (C=O) groups excluding carboxylic acids is 1. The number of anilines is 1. The topological polar surface area (TPSA) is 42.0 Å². The lowest BCUT2D eigenvalue weighted by Crippen LogP contribution is -2.13. The maximum atomic E-state index is 13.1. The van der Waals surface area contributed by atoms with Gasteiger partial charge in [0, 0.05) is 5.39 Å². The summed E-state index contributed by atoms with van der Waals surface area (Å²) in [7, 11) is 0. The minimum absolute atomic E-state index is 0.196. The molecule has 0 fully saturated rings. The summed E-state index contributed by atoms with van der Waals surface area (Å²) in [6.07, 6.45) is 0. The summed E-state index contributed by atoms with van der Waals surface area (Å²) in [5, 5.41) is 6.30. The van der Waals surface area contributed by atoms with Crippen molar-refractivity contribution in [2.45, 2.75) is 13.8 Å². The fourth-order valence-corrected chi connectivity index (χ4v) is 4.04. The molecule has 2 aromatic carbocycles. The number of para-hydroxylation sites is 1. The lowest BCUT2D eigenvalue weighted by molar-refractivity contribution is 0.102. The molecule has 0 spiro atoms. The van der Waals surface area contributed by atoms with Crippen molar-refractivity contribution in [1.82, 2.24) is 4.98 Å². The van der Waals surface area contributed by atoms with Gasteiger partial charge in [-0.15, -0.1) is 11.3 Å². The predicted molar refractivity (Wildman–Crippen MR) is 114 cm³/mol. The first kappa shape index (κ1) is 17.7. The summed E-state index contributed by atoms with van der Waals surface area (Å²) >= 11 is 7.82. The van der Waals surface area contributed by atoms with Crippen molar-refractivity contribution in [2.24, 2.45) is 0 Å². The second kappa shape index (κ2) is 7.14. The van der Waals surface area contributed by atoms with E-state index < -0.39 is 0 Å². The third-order valence-electron chi connectivity index (χ3n) is 4.39. The standard InChI is InChI=1S/C22H17ClN2OS/c1-13-10-14(2)21-15(11-13)16(12-19(24-21)20-8-5-9-27-20)22(26)25-18-7-4-3-6-17(18)23/h3-12H,1-2H3,(H,25,26). The van der Waals surface area contributed by atoms with E-state index in [0.29, 0.717) is 16.3 Å². The first-order valence-electron chi connectivity index (χ1n) is 8.54. The van der Waals surface area contributed by atoms with Crippen molar-refractivity contribution in [3.05, 3.63) is 81.7 Å². The number of nitrogens with zero attached hydrogens (tertiary/aromatic N) is 1. The number of hydrogen-bond donors (Lipinski definition) is 1. The maximum Gasteiger partial charge on any atom is 0.256 e. The zero-order chi connectivity index (χ0) is 19.0. The number of aryl methyl sites for hydroxylation is 2. The minimum atomic E-state index is -0.196. The molecule has 4 rings (SSSR count). The third kappa shape index (κ3) is 3.46. The summed E-state index contributed by atoms with van der Waals surface area (Å²) in [6.45, 7) is 4.05. The van der Waals surface area contributed by atoms with Crippen molar-refractivity contribution < 1.29 is 4.79 Å². The van der Waals surface area contributed by atoms with E-state index in [1.54, 1.807) is 23.5 Å². The van der Waals surface area contributed by atoms with E-state index in [1.807, 2.05) is 55.6 Å². The van der Waals surface area contributed by atoms with Crippen LogP contribution in [0.2, 0.25) is 5.02 Å². The Kier molecular flexibility index (Phi) is 4.68.